The lowest BCUT2D eigenvalue weighted by molar-refractivity contribution is 0.100. The minimum atomic E-state index is -0.421. The maximum atomic E-state index is 11.2. The molecule has 0 spiro atoms. The molecule has 3 aromatic rings. The van der Waals surface area contributed by atoms with E-state index < -0.39 is 5.91 Å². The van der Waals surface area contributed by atoms with Crippen molar-refractivity contribution in [3.05, 3.63) is 52.7 Å². The highest BCUT2D eigenvalue weighted by Crippen LogP contribution is 2.25. The highest BCUT2D eigenvalue weighted by molar-refractivity contribution is 7.13. The fourth-order valence-corrected chi connectivity index (χ4v) is 4.33. The zero-order valence-electron chi connectivity index (χ0n) is 17.7. The summed E-state index contributed by atoms with van der Waals surface area (Å²) in [7, 11) is 0. The van der Waals surface area contributed by atoms with Crippen molar-refractivity contribution in [3.8, 4) is 16.5 Å². The van der Waals surface area contributed by atoms with Gasteiger partial charge in [-0.05, 0) is 26.0 Å². The third kappa shape index (κ3) is 5.18. The molecule has 0 unspecified atom stereocenters. The van der Waals surface area contributed by atoms with E-state index >= 15 is 0 Å². The summed E-state index contributed by atoms with van der Waals surface area (Å²) >= 11 is 1.61. The van der Waals surface area contributed by atoms with E-state index in [0.717, 1.165) is 60.6 Å². The van der Waals surface area contributed by atoms with Gasteiger partial charge in [0.25, 0.3) is 0 Å². The van der Waals surface area contributed by atoms with Crippen LogP contribution in [-0.4, -0.2) is 58.5 Å². The van der Waals surface area contributed by atoms with Crippen molar-refractivity contribution in [1.82, 2.24) is 19.9 Å². The number of hydrogen-bond acceptors (Lipinski definition) is 8. The molecule has 1 aliphatic heterocycles. The van der Waals surface area contributed by atoms with Crippen LogP contribution in [-0.2, 0) is 6.54 Å². The van der Waals surface area contributed by atoms with E-state index in [1.165, 1.54) is 0 Å². The predicted octanol–water partition coefficient (Wildman–Crippen LogP) is 2.73. The van der Waals surface area contributed by atoms with E-state index in [9.17, 15) is 4.79 Å². The molecule has 3 heterocycles. The van der Waals surface area contributed by atoms with Crippen LogP contribution in [0.3, 0.4) is 0 Å². The van der Waals surface area contributed by atoms with Crippen LogP contribution in [0.2, 0.25) is 0 Å². The van der Waals surface area contributed by atoms with Crippen LogP contribution >= 0.6 is 11.3 Å². The molecule has 1 fully saturated rings. The van der Waals surface area contributed by atoms with Gasteiger partial charge in [0.15, 0.2) is 0 Å². The van der Waals surface area contributed by atoms with Gasteiger partial charge >= 0.3 is 0 Å². The number of hydrogen-bond donors (Lipinski definition) is 1. The van der Waals surface area contributed by atoms with Crippen LogP contribution in [0, 0.1) is 6.92 Å². The van der Waals surface area contributed by atoms with Crippen LogP contribution in [0.4, 0.5) is 5.95 Å². The van der Waals surface area contributed by atoms with Gasteiger partial charge in [0.1, 0.15) is 5.01 Å². The topological polar surface area (TPSA) is 97.5 Å². The molecule has 2 aromatic heterocycles. The van der Waals surface area contributed by atoms with E-state index in [2.05, 4.69) is 25.1 Å². The van der Waals surface area contributed by atoms with Crippen LogP contribution < -0.4 is 15.4 Å². The molecule has 162 valence electrons. The first-order valence-corrected chi connectivity index (χ1v) is 11.2. The van der Waals surface area contributed by atoms with Crippen molar-refractivity contribution in [2.45, 2.75) is 20.4 Å². The lowest BCUT2D eigenvalue weighted by Crippen LogP contribution is -2.46. The maximum absolute atomic E-state index is 11.2. The number of nitrogens with zero attached hydrogens (tertiary/aromatic N) is 5. The average molecular weight is 439 g/mol. The molecule has 31 heavy (non-hydrogen) atoms. The normalized spacial score (nSPS) is 14.6. The third-order valence-electron chi connectivity index (χ3n) is 5.12. The number of carbonyl (C=O) groups is 1. The van der Waals surface area contributed by atoms with E-state index in [1.807, 2.05) is 32.0 Å². The molecule has 0 bridgehead atoms. The van der Waals surface area contributed by atoms with E-state index in [1.54, 1.807) is 23.5 Å². The number of thiazole rings is 1. The van der Waals surface area contributed by atoms with Gasteiger partial charge in [0, 0.05) is 61.0 Å². The molecule has 0 atom stereocenters. The lowest BCUT2D eigenvalue weighted by atomic mass is 10.1. The SMILES string of the molecule is CCOc1cc(C)nc(N2CCN(Cc3csc(-c4ccc(C(N)=O)cc4)n3)CC2)n1. The second-order valence-corrected chi connectivity index (χ2v) is 8.29. The molecule has 1 aromatic carbocycles. The van der Waals surface area contributed by atoms with Crippen molar-refractivity contribution in [3.63, 3.8) is 0 Å². The van der Waals surface area contributed by atoms with Gasteiger partial charge in [-0.2, -0.15) is 4.98 Å². The summed E-state index contributed by atoms with van der Waals surface area (Å²) in [5.74, 6) is 0.945. The smallest absolute Gasteiger partial charge is 0.248 e. The fraction of sp³-hybridized carbons (Fsp3) is 0.364. The highest BCUT2D eigenvalue weighted by Gasteiger charge is 2.21. The number of ether oxygens (including phenoxy) is 1. The number of piperazine rings is 1. The molecule has 9 heteroatoms. The predicted molar refractivity (Wildman–Crippen MR) is 121 cm³/mol. The number of amides is 1. The third-order valence-corrected chi connectivity index (χ3v) is 6.06. The first-order valence-electron chi connectivity index (χ1n) is 10.3. The quantitative estimate of drug-likeness (QED) is 0.606. The molecule has 8 nitrogen and oxygen atoms in total. The summed E-state index contributed by atoms with van der Waals surface area (Å²) < 4.78 is 5.56. The molecule has 4 rings (SSSR count). The summed E-state index contributed by atoms with van der Waals surface area (Å²) in [6, 6.07) is 9.12. The van der Waals surface area contributed by atoms with E-state index in [-0.39, 0.29) is 0 Å². The van der Waals surface area contributed by atoms with Crippen molar-refractivity contribution in [1.29, 1.82) is 0 Å². The van der Waals surface area contributed by atoms with Gasteiger partial charge < -0.3 is 15.4 Å². The van der Waals surface area contributed by atoms with Gasteiger partial charge in [-0.25, -0.2) is 9.97 Å². The fourth-order valence-electron chi connectivity index (χ4n) is 3.51. The molecule has 1 amide bonds. The standard InChI is InChI=1S/C22H26N6O2S/c1-3-30-19-12-15(2)24-22(26-19)28-10-8-27(9-11-28)13-18-14-31-21(25-18)17-6-4-16(5-7-17)20(23)29/h4-7,12,14H,3,8-11,13H2,1-2H3,(H2,23,29). The monoisotopic (exact) mass is 438 g/mol. The number of aromatic nitrogens is 3. The van der Waals surface area contributed by atoms with Gasteiger partial charge in [0.2, 0.25) is 17.7 Å². The maximum Gasteiger partial charge on any atom is 0.248 e. The van der Waals surface area contributed by atoms with Crippen molar-refractivity contribution >= 4 is 23.2 Å². The van der Waals surface area contributed by atoms with Crippen LogP contribution in [0.25, 0.3) is 10.6 Å². The molecular weight excluding hydrogens is 412 g/mol. The second kappa shape index (κ2) is 9.40. The Balaban J connectivity index is 1.35. The Morgan fingerprint density at radius 3 is 2.55 bits per heavy atom. The highest BCUT2D eigenvalue weighted by atomic mass is 32.1. The lowest BCUT2D eigenvalue weighted by Gasteiger charge is -2.34. The molecular formula is C22H26N6O2S. The largest absolute Gasteiger partial charge is 0.478 e. The number of rotatable bonds is 7. The number of carbonyl (C=O) groups excluding carboxylic acids is 1. The van der Waals surface area contributed by atoms with Crippen LogP contribution in [0.1, 0.15) is 28.7 Å². The van der Waals surface area contributed by atoms with E-state index in [0.29, 0.717) is 18.1 Å². The van der Waals surface area contributed by atoms with Gasteiger partial charge in [-0.3, -0.25) is 9.69 Å². The minimum absolute atomic E-state index is 0.421. The van der Waals surface area contributed by atoms with Crippen molar-refractivity contribution in [2.75, 3.05) is 37.7 Å². The Morgan fingerprint density at radius 2 is 1.87 bits per heavy atom. The number of nitrogens with two attached hydrogens (primary N) is 1. The summed E-state index contributed by atoms with van der Waals surface area (Å²) in [4.78, 5) is 29.7. The molecule has 2 N–H and O–H groups in total. The Bertz CT molecular complexity index is 1040. The van der Waals surface area contributed by atoms with Gasteiger partial charge in [-0.1, -0.05) is 12.1 Å². The minimum Gasteiger partial charge on any atom is -0.478 e. The Hall–Kier alpha value is -3.04. The van der Waals surface area contributed by atoms with Crippen LogP contribution in [0.15, 0.2) is 35.7 Å². The Labute approximate surface area is 185 Å². The number of benzene rings is 1. The van der Waals surface area contributed by atoms with E-state index in [4.69, 9.17) is 15.5 Å². The summed E-state index contributed by atoms with van der Waals surface area (Å²) in [6.45, 7) is 8.88. The molecule has 0 radical (unpaired) electrons. The Morgan fingerprint density at radius 1 is 1.13 bits per heavy atom. The summed E-state index contributed by atoms with van der Waals surface area (Å²) in [6.07, 6.45) is 0. The molecule has 1 saturated heterocycles. The first-order chi connectivity index (χ1) is 15.0. The summed E-state index contributed by atoms with van der Waals surface area (Å²) in [5.41, 5.74) is 8.77. The van der Waals surface area contributed by atoms with Crippen molar-refractivity contribution < 1.29 is 9.53 Å². The second-order valence-electron chi connectivity index (χ2n) is 7.43. The molecule has 0 aliphatic carbocycles. The number of aryl methyl sites for hydroxylation is 1. The van der Waals surface area contributed by atoms with Gasteiger partial charge in [0.05, 0.1) is 12.3 Å². The van der Waals surface area contributed by atoms with Gasteiger partial charge in [-0.15, -0.1) is 11.3 Å². The number of primary amides is 1. The summed E-state index contributed by atoms with van der Waals surface area (Å²) in [5, 5.41) is 3.04. The molecule has 1 aliphatic rings. The van der Waals surface area contributed by atoms with Crippen molar-refractivity contribution in [2.24, 2.45) is 5.73 Å². The Kier molecular flexibility index (Phi) is 6.43. The number of anilines is 1. The van der Waals surface area contributed by atoms with Crippen LogP contribution in [0.5, 0.6) is 5.88 Å². The zero-order chi connectivity index (χ0) is 21.8. The first kappa shape index (κ1) is 21.2. The zero-order valence-corrected chi connectivity index (χ0v) is 18.6. The molecule has 0 saturated carbocycles. The average Bonchev–Trinajstić information content (AvgIpc) is 3.22.